The van der Waals surface area contributed by atoms with Gasteiger partial charge in [0.2, 0.25) is 5.91 Å². The van der Waals surface area contributed by atoms with Crippen LogP contribution in [-0.4, -0.2) is 46.5 Å². The van der Waals surface area contributed by atoms with Crippen molar-refractivity contribution in [2.75, 3.05) is 6.54 Å². The molecule has 1 aromatic rings. The molecule has 0 radical (unpaired) electrons. The molecule has 0 saturated carbocycles. The number of nitrogens with one attached hydrogen (secondary N) is 2. The Hall–Kier alpha value is -3.99. The highest BCUT2D eigenvalue weighted by atomic mass is 16.2. The largest absolute Gasteiger partial charge is 0.347 e. The molecule has 2 N–H and O–H groups in total. The summed E-state index contributed by atoms with van der Waals surface area (Å²) in [6.45, 7) is 3.47. The molecule has 2 fully saturated rings. The van der Waals surface area contributed by atoms with Crippen LogP contribution >= 0.6 is 0 Å². The summed E-state index contributed by atoms with van der Waals surface area (Å²) in [6, 6.07) is 7.09. The van der Waals surface area contributed by atoms with E-state index in [0.29, 0.717) is 11.1 Å². The maximum atomic E-state index is 13.0. The zero-order valence-electron chi connectivity index (χ0n) is 17.0. The van der Waals surface area contributed by atoms with E-state index >= 15 is 0 Å². The van der Waals surface area contributed by atoms with E-state index in [1.54, 1.807) is 12.1 Å². The molecule has 8 heteroatoms. The number of carbonyl (C=O) groups excluding carboxylic acids is 5. The third-order valence-electron chi connectivity index (χ3n) is 5.61. The second-order valence-corrected chi connectivity index (χ2v) is 7.85. The summed E-state index contributed by atoms with van der Waals surface area (Å²) in [5, 5.41) is 4.93. The lowest BCUT2D eigenvalue weighted by molar-refractivity contribution is -0.156. The molecule has 4 rings (SSSR count). The Kier molecular flexibility index (Phi) is 4.82. The van der Waals surface area contributed by atoms with Gasteiger partial charge in [-0.25, -0.2) is 0 Å². The van der Waals surface area contributed by atoms with Crippen LogP contribution in [0.3, 0.4) is 0 Å². The Morgan fingerprint density at radius 3 is 2.52 bits per heavy atom. The van der Waals surface area contributed by atoms with Crippen LogP contribution < -0.4 is 10.6 Å². The van der Waals surface area contributed by atoms with Gasteiger partial charge >= 0.3 is 0 Å². The van der Waals surface area contributed by atoms with Gasteiger partial charge in [0.1, 0.15) is 11.1 Å². The van der Waals surface area contributed by atoms with Gasteiger partial charge in [0.25, 0.3) is 23.6 Å². The lowest BCUT2D eigenvalue weighted by Gasteiger charge is -2.37. The molecule has 0 unspecified atom stereocenters. The Bertz CT molecular complexity index is 1190. The van der Waals surface area contributed by atoms with Crippen LogP contribution in [0.5, 0.6) is 0 Å². The highest BCUT2D eigenvalue weighted by Gasteiger charge is 2.54. The zero-order chi connectivity index (χ0) is 22.3. The first-order valence-corrected chi connectivity index (χ1v) is 9.75. The topological polar surface area (TPSA) is 113 Å². The second kappa shape index (κ2) is 7.36. The smallest absolute Gasteiger partial charge is 0.271 e. The second-order valence-electron chi connectivity index (χ2n) is 7.85. The fourth-order valence-electron chi connectivity index (χ4n) is 3.69. The van der Waals surface area contributed by atoms with Crippen molar-refractivity contribution in [3.8, 4) is 0 Å². The van der Waals surface area contributed by atoms with Crippen molar-refractivity contribution in [2.24, 2.45) is 0 Å². The van der Waals surface area contributed by atoms with Crippen LogP contribution in [0.4, 0.5) is 0 Å². The highest BCUT2D eigenvalue weighted by molar-refractivity contribution is 6.27. The summed E-state index contributed by atoms with van der Waals surface area (Å²) >= 11 is 0. The molecule has 1 aliphatic carbocycles. The van der Waals surface area contributed by atoms with Crippen molar-refractivity contribution in [1.82, 2.24) is 15.5 Å². The number of rotatable bonds is 4. The summed E-state index contributed by atoms with van der Waals surface area (Å²) in [7, 11) is 0. The lowest BCUT2D eigenvalue weighted by Crippen LogP contribution is -2.62. The predicted octanol–water partition coefficient (Wildman–Crippen LogP) is 0.836. The third kappa shape index (κ3) is 3.44. The normalized spacial score (nSPS) is 22.5. The fourth-order valence-corrected chi connectivity index (χ4v) is 3.69. The number of likely N-dealkylation sites (tertiary alicyclic amines) is 1. The lowest BCUT2D eigenvalue weighted by atomic mass is 9.89. The summed E-state index contributed by atoms with van der Waals surface area (Å²) in [6.07, 6.45) is 1.55. The zero-order valence-corrected chi connectivity index (χ0v) is 17.0. The Balaban J connectivity index is 1.53. The maximum absolute atomic E-state index is 13.0. The number of imide groups is 2. The monoisotopic (exact) mass is 417 g/mol. The van der Waals surface area contributed by atoms with Gasteiger partial charge in [-0.2, -0.15) is 0 Å². The van der Waals surface area contributed by atoms with E-state index in [2.05, 4.69) is 22.1 Å². The van der Waals surface area contributed by atoms with Crippen LogP contribution in [0, 0.1) is 6.92 Å². The Morgan fingerprint density at radius 2 is 1.84 bits per heavy atom. The molecule has 8 nitrogen and oxygen atoms in total. The first-order chi connectivity index (χ1) is 14.7. The number of amides is 5. The molecule has 0 aromatic heterocycles. The quantitative estimate of drug-likeness (QED) is 0.557. The summed E-state index contributed by atoms with van der Waals surface area (Å²) in [5.41, 5.74) is 6.14. The van der Waals surface area contributed by atoms with Gasteiger partial charge in [-0.05, 0) is 38.5 Å². The van der Waals surface area contributed by atoms with Gasteiger partial charge in [0, 0.05) is 17.6 Å². The van der Waals surface area contributed by atoms with Crippen molar-refractivity contribution in [1.29, 1.82) is 0 Å². The van der Waals surface area contributed by atoms with Crippen LogP contribution in [0.25, 0.3) is 0 Å². The molecular weight excluding hydrogens is 398 g/mol. The van der Waals surface area contributed by atoms with Gasteiger partial charge in [0.05, 0.1) is 12.1 Å². The van der Waals surface area contributed by atoms with Crippen LogP contribution in [-0.2, 0) is 19.2 Å². The first kappa shape index (κ1) is 20.3. The molecular formula is C23H19N3O5. The van der Waals surface area contributed by atoms with E-state index in [4.69, 9.17) is 0 Å². The van der Waals surface area contributed by atoms with Crippen LogP contribution in [0.2, 0.25) is 0 Å². The van der Waals surface area contributed by atoms with E-state index in [1.165, 1.54) is 13.0 Å². The number of aryl methyl sites for hydroxylation is 1. The fraction of sp³-hybridized carbons (Fsp3) is 0.261. The molecule has 2 saturated heterocycles. The number of hydrogen-bond donors (Lipinski definition) is 2. The minimum absolute atomic E-state index is 0.0181. The molecule has 156 valence electrons. The number of piperidine rings is 1. The van der Waals surface area contributed by atoms with Crippen LogP contribution in [0.15, 0.2) is 58.5 Å². The Labute approximate surface area is 178 Å². The van der Waals surface area contributed by atoms with Gasteiger partial charge in [0.15, 0.2) is 0 Å². The van der Waals surface area contributed by atoms with Crippen LogP contribution in [0.1, 0.15) is 35.7 Å². The third-order valence-corrected chi connectivity index (χ3v) is 5.61. The van der Waals surface area contributed by atoms with Crippen molar-refractivity contribution >= 4 is 29.5 Å². The minimum Gasteiger partial charge on any atom is -0.347 e. The predicted molar refractivity (Wildman–Crippen MR) is 108 cm³/mol. The summed E-state index contributed by atoms with van der Waals surface area (Å²) < 4.78 is 0. The molecule has 5 amide bonds. The summed E-state index contributed by atoms with van der Waals surface area (Å²) in [5.74, 6) is -2.70. The van der Waals surface area contributed by atoms with Gasteiger partial charge in [-0.15, -0.1) is 0 Å². The van der Waals surface area contributed by atoms with Crippen molar-refractivity contribution in [2.45, 2.75) is 32.2 Å². The average molecular weight is 417 g/mol. The van der Waals surface area contributed by atoms with E-state index in [0.717, 1.165) is 10.5 Å². The van der Waals surface area contributed by atoms with E-state index in [9.17, 15) is 24.0 Å². The van der Waals surface area contributed by atoms with Crippen molar-refractivity contribution in [3.05, 3.63) is 69.7 Å². The maximum Gasteiger partial charge on any atom is 0.271 e. The van der Waals surface area contributed by atoms with E-state index in [1.807, 2.05) is 19.1 Å². The van der Waals surface area contributed by atoms with Crippen molar-refractivity contribution in [3.63, 3.8) is 0 Å². The molecule has 0 bridgehead atoms. The van der Waals surface area contributed by atoms with Gasteiger partial charge < -0.3 is 5.32 Å². The van der Waals surface area contributed by atoms with Crippen molar-refractivity contribution < 1.29 is 24.0 Å². The molecule has 2 aliphatic heterocycles. The van der Waals surface area contributed by atoms with Gasteiger partial charge in [-0.1, -0.05) is 29.2 Å². The number of fused-ring (bicyclic) bond motifs is 1. The molecule has 1 aromatic carbocycles. The summed E-state index contributed by atoms with van der Waals surface area (Å²) in [4.78, 5) is 62.9. The minimum atomic E-state index is -1.46. The number of nitrogens with zero attached hydrogens (tertiary/aromatic N) is 1. The molecule has 3 aliphatic rings. The van der Waals surface area contributed by atoms with E-state index < -0.39 is 29.2 Å². The molecule has 31 heavy (non-hydrogen) atoms. The average Bonchev–Trinajstić information content (AvgIpc) is 3.00. The number of hydrogen-bond acceptors (Lipinski definition) is 5. The standard InChI is InChI=1S/C23H19N3O5/c1-13-3-6-15(7-4-13)19(28)24-12-14-5-8-16-17(11-14)21(30)26(20(16)29)23(2)10-9-18(27)25-22(23)31/h3-4,6-7,11H,9-10,12H2,1-2H3,(H,24,28)(H,25,27,31)/t23-/m0/s1. The molecule has 1 atom stereocenters. The van der Waals surface area contributed by atoms with Gasteiger partial charge in [-0.3, -0.25) is 34.2 Å². The Morgan fingerprint density at radius 1 is 1.13 bits per heavy atom. The molecule has 0 spiro atoms. The number of carbonyl (C=O) groups is 5. The molecule has 2 heterocycles. The van der Waals surface area contributed by atoms with E-state index in [-0.39, 0.29) is 36.4 Å². The first-order valence-electron chi connectivity index (χ1n) is 9.75. The SMILES string of the molecule is Cc1ccc(C(=O)NCC2=C=C=C3C(=O)N([C@@]4(C)CCC(=O)NC4=O)C(=O)C3=C2)cc1. The highest BCUT2D eigenvalue weighted by Crippen LogP contribution is 2.36. The number of benzene rings is 1.